The van der Waals surface area contributed by atoms with Crippen LogP contribution in [0.4, 0.5) is 17.5 Å². The fourth-order valence-corrected chi connectivity index (χ4v) is 2.40. The molecule has 0 bridgehead atoms. The zero-order valence-corrected chi connectivity index (χ0v) is 13.3. The van der Waals surface area contributed by atoms with Gasteiger partial charge in [-0.3, -0.25) is 0 Å². The molecule has 7 nitrogen and oxygen atoms in total. The highest BCUT2D eigenvalue weighted by molar-refractivity contribution is 5.65. The maximum atomic E-state index is 5.38. The molecule has 1 aliphatic heterocycles. The molecule has 1 saturated heterocycles. The summed E-state index contributed by atoms with van der Waals surface area (Å²) in [6, 6.07) is 7.45. The molecule has 1 aromatic heterocycles. The molecule has 2 heterocycles. The minimum absolute atomic E-state index is 0.525. The smallest absolute Gasteiger partial charge is 0.229 e. The second kappa shape index (κ2) is 7.15. The Morgan fingerprint density at radius 1 is 1.13 bits per heavy atom. The van der Waals surface area contributed by atoms with E-state index in [2.05, 4.69) is 20.2 Å². The number of rotatable bonds is 5. The van der Waals surface area contributed by atoms with Crippen molar-refractivity contribution in [3.05, 3.63) is 30.5 Å². The van der Waals surface area contributed by atoms with Crippen molar-refractivity contribution in [3.8, 4) is 11.5 Å². The summed E-state index contributed by atoms with van der Waals surface area (Å²) in [7, 11) is 3.24. The molecule has 122 valence electrons. The van der Waals surface area contributed by atoms with Crippen molar-refractivity contribution in [2.75, 3.05) is 50.7 Å². The van der Waals surface area contributed by atoms with Crippen molar-refractivity contribution in [3.63, 3.8) is 0 Å². The summed E-state index contributed by atoms with van der Waals surface area (Å²) in [5, 5.41) is 3.19. The van der Waals surface area contributed by atoms with Crippen LogP contribution in [0, 0.1) is 0 Å². The number of benzene rings is 1. The average Bonchev–Trinajstić information content (AvgIpc) is 2.63. The molecule has 0 amide bonds. The van der Waals surface area contributed by atoms with Gasteiger partial charge < -0.3 is 24.4 Å². The Kier molecular flexibility index (Phi) is 4.77. The van der Waals surface area contributed by atoms with Crippen LogP contribution in [0.15, 0.2) is 30.5 Å². The maximum Gasteiger partial charge on any atom is 0.229 e. The molecular weight excluding hydrogens is 296 g/mol. The van der Waals surface area contributed by atoms with Gasteiger partial charge >= 0.3 is 0 Å². The molecule has 2 aromatic rings. The van der Waals surface area contributed by atoms with E-state index >= 15 is 0 Å². The van der Waals surface area contributed by atoms with Crippen molar-refractivity contribution in [1.82, 2.24) is 9.97 Å². The molecule has 1 N–H and O–H groups in total. The third-order valence-electron chi connectivity index (χ3n) is 3.63. The lowest BCUT2D eigenvalue weighted by Crippen LogP contribution is -2.36. The van der Waals surface area contributed by atoms with E-state index in [4.69, 9.17) is 14.2 Å². The Balaban J connectivity index is 1.80. The van der Waals surface area contributed by atoms with Crippen LogP contribution in [-0.2, 0) is 4.74 Å². The summed E-state index contributed by atoms with van der Waals surface area (Å²) >= 11 is 0. The maximum absolute atomic E-state index is 5.38. The van der Waals surface area contributed by atoms with Crippen LogP contribution >= 0.6 is 0 Å². The average molecular weight is 316 g/mol. The number of nitrogens with one attached hydrogen (secondary N) is 1. The third kappa shape index (κ3) is 3.62. The van der Waals surface area contributed by atoms with E-state index < -0.39 is 0 Å². The van der Waals surface area contributed by atoms with Gasteiger partial charge in [0, 0.05) is 25.4 Å². The highest BCUT2D eigenvalue weighted by atomic mass is 16.5. The quantitative estimate of drug-likeness (QED) is 0.905. The molecule has 1 aromatic carbocycles. The lowest BCUT2D eigenvalue weighted by molar-refractivity contribution is 0.122. The van der Waals surface area contributed by atoms with Gasteiger partial charge in [0.05, 0.1) is 33.1 Å². The van der Waals surface area contributed by atoms with E-state index in [9.17, 15) is 0 Å². The van der Waals surface area contributed by atoms with Crippen LogP contribution in [0.2, 0.25) is 0 Å². The number of hydrogen-bond donors (Lipinski definition) is 1. The molecule has 0 unspecified atom stereocenters. The van der Waals surface area contributed by atoms with Gasteiger partial charge in [-0.1, -0.05) is 0 Å². The normalized spacial score (nSPS) is 14.4. The predicted molar refractivity (Wildman–Crippen MR) is 87.9 cm³/mol. The highest BCUT2D eigenvalue weighted by Crippen LogP contribution is 2.30. The lowest BCUT2D eigenvalue weighted by Gasteiger charge is -2.27. The minimum Gasteiger partial charge on any atom is -0.497 e. The van der Waals surface area contributed by atoms with Crippen LogP contribution < -0.4 is 19.7 Å². The van der Waals surface area contributed by atoms with Gasteiger partial charge in [0.25, 0.3) is 0 Å². The SMILES string of the molecule is COc1ccc(Nc2nccc(N3CCOCC3)n2)c(OC)c1. The number of nitrogens with zero attached hydrogens (tertiary/aromatic N) is 3. The molecule has 0 saturated carbocycles. The Bertz CT molecular complexity index is 660. The predicted octanol–water partition coefficient (Wildman–Crippen LogP) is 2.07. The van der Waals surface area contributed by atoms with Gasteiger partial charge in [-0.25, -0.2) is 4.98 Å². The second-order valence-corrected chi connectivity index (χ2v) is 5.03. The number of hydrogen-bond acceptors (Lipinski definition) is 7. The van der Waals surface area contributed by atoms with Crippen molar-refractivity contribution in [1.29, 1.82) is 0 Å². The fraction of sp³-hybridized carbons (Fsp3) is 0.375. The molecule has 23 heavy (non-hydrogen) atoms. The van der Waals surface area contributed by atoms with Crippen LogP contribution in [0.1, 0.15) is 0 Å². The topological polar surface area (TPSA) is 68.7 Å². The van der Waals surface area contributed by atoms with E-state index in [0.717, 1.165) is 43.6 Å². The van der Waals surface area contributed by atoms with Gasteiger partial charge in [0.15, 0.2) is 0 Å². The molecule has 7 heteroatoms. The summed E-state index contributed by atoms with van der Waals surface area (Å²) in [6.45, 7) is 3.11. The molecule has 0 atom stereocenters. The Morgan fingerprint density at radius 3 is 2.70 bits per heavy atom. The van der Waals surface area contributed by atoms with Crippen molar-refractivity contribution in [2.45, 2.75) is 0 Å². The van der Waals surface area contributed by atoms with Gasteiger partial charge in [-0.15, -0.1) is 0 Å². The molecular formula is C16H20N4O3. The zero-order chi connectivity index (χ0) is 16.1. The minimum atomic E-state index is 0.525. The van der Waals surface area contributed by atoms with E-state index in [1.54, 1.807) is 20.4 Å². The zero-order valence-electron chi connectivity index (χ0n) is 13.3. The summed E-state index contributed by atoms with van der Waals surface area (Å²) in [6.07, 6.45) is 1.75. The molecule has 1 aliphatic rings. The Hall–Kier alpha value is -2.54. The second-order valence-electron chi connectivity index (χ2n) is 5.03. The molecule has 0 spiro atoms. The van der Waals surface area contributed by atoms with E-state index in [-0.39, 0.29) is 0 Å². The van der Waals surface area contributed by atoms with Gasteiger partial charge in [0.2, 0.25) is 5.95 Å². The fourth-order valence-electron chi connectivity index (χ4n) is 2.40. The summed E-state index contributed by atoms with van der Waals surface area (Å²) in [5.41, 5.74) is 0.785. The number of morpholine rings is 1. The molecule has 3 rings (SSSR count). The summed E-state index contributed by atoms with van der Waals surface area (Å²) in [4.78, 5) is 11.0. The van der Waals surface area contributed by atoms with Crippen LogP contribution in [0.5, 0.6) is 11.5 Å². The first kappa shape index (κ1) is 15.4. The number of anilines is 3. The third-order valence-corrected chi connectivity index (χ3v) is 3.63. The summed E-state index contributed by atoms with van der Waals surface area (Å²) in [5.74, 6) is 2.82. The van der Waals surface area contributed by atoms with E-state index in [1.165, 1.54) is 0 Å². The number of methoxy groups -OCH3 is 2. The van der Waals surface area contributed by atoms with Crippen molar-refractivity contribution in [2.24, 2.45) is 0 Å². The van der Waals surface area contributed by atoms with Crippen molar-refractivity contribution < 1.29 is 14.2 Å². The molecule has 1 fully saturated rings. The first-order valence-electron chi connectivity index (χ1n) is 7.45. The highest BCUT2D eigenvalue weighted by Gasteiger charge is 2.13. The van der Waals surface area contributed by atoms with Crippen LogP contribution in [0.25, 0.3) is 0 Å². The Labute approximate surface area is 135 Å². The largest absolute Gasteiger partial charge is 0.497 e. The number of aromatic nitrogens is 2. The standard InChI is InChI=1S/C16H20N4O3/c1-21-12-3-4-13(14(11-12)22-2)18-16-17-6-5-15(19-16)20-7-9-23-10-8-20/h3-6,11H,7-10H2,1-2H3,(H,17,18,19). The number of ether oxygens (including phenoxy) is 3. The van der Waals surface area contributed by atoms with Gasteiger partial charge in [-0.2, -0.15) is 4.98 Å². The van der Waals surface area contributed by atoms with Crippen molar-refractivity contribution >= 4 is 17.5 Å². The van der Waals surface area contributed by atoms with Gasteiger partial charge in [0.1, 0.15) is 17.3 Å². The first-order valence-corrected chi connectivity index (χ1v) is 7.45. The van der Waals surface area contributed by atoms with Gasteiger partial charge in [-0.05, 0) is 18.2 Å². The Morgan fingerprint density at radius 2 is 1.96 bits per heavy atom. The first-order chi connectivity index (χ1) is 11.3. The van der Waals surface area contributed by atoms with E-state index in [0.29, 0.717) is 11.7 Å². The lowest BCUT2D eigenvalue weighted by atomic mass is 10.2. The monoisotopic (exact) mass is 316 g/mol. The molecule has 0 radical (unpaired) electrons. The van der Waals surface area contributed by atoms with Crippen LogP contribution in [0.3, 0.4) is 0 Å². The van der Waals surface area contributed by atoms with Crippen LogP contribution in [-0.4, -0.2) is 50.5 Å². The van der Waals surface area contributed by atoms with E-state index in [1.807, 2.05) is 24.3 Å². The summed E-state index contributed by atoms with van der Waals surface area (Å²) < 4.78 is 16.0. The molecule has 0 aliphatic carbocycles.